The lowest BCUT2D eigenvalue weighted by molar-refractivity contribution is -0.143. The van der Waals surface area contributed by atoms with E-state index in [0.717, 1.165) is 33.3 Å². The van der Waals surface area contributed by atoms with E-state index in [0.29, 0.717) is 6.42 Å². The molecule has 10 heteroatoms. The smallest absolute Gasteiger partial charge is 0.408 e. The van der Waals surface area contributed by atoms with E-state index < -0.39 is 36.2 Å². The number of carbonyl (C=O) groups excluding carboxylic acids is 4. The van der Waals surface area contributed by atoms with Gasteiger partial charge in [0.05, 0.1) is 19.6 Å². The summed E-state index contributed by atoms with van der Waals surface area (Å²) in [6.45, 7) is 0.0704. The van der Waals surface area contributed by atoms with Gasteiger partial charge in [-0.1, -0.05) is 78.9 Å². The number of aromatic amines is 1. The average Bonchev–Trinajstić information content (AvgIpc) is 3.58. The quantitative estimate of drug-likeness (QED) is 0.252. The zero-order valence-corrected chi connectivity index (χ0v) is 24.3. The van der Waals surface area contributed by atoms with Crippen molar-refractivity contribution in [3.8, 4) is 0 Å². The van der Waals surface area contributed by atoms with E-state index in [-0.39, 0.29) is 37.7 Å². The third-order valence-electron chi connectivity index (χ3n) is 8.38. The predicted molar refractivity (Wildman–Crippen MR) is 162 cm³/mol. The number of carbonyl (C=O) groups is 4. The molecule has 3 amide bonds. The van der Waals surface area contributed by atoms with Gasteiger partial charge in [0.25, 0.3) is 0 Å². The molecule has 3 N–H and O–H groups in total. The summed E-state index contributed by atoms with van der Waals surface area (Å²) in [6, 6.07) is 24.0. The summed E-state index contributed by atoms with van der Waals surface area (Å²) in [6.07, 6.45) is 0.261. The molecule has 0 spiro atoms. The van der Waals surface area contributed by atoms with Gasteiger partial charge in [0, 0.05) is 35.5 Å². The van der Waals surface area contributed by atoms with Crippen LogP contribution < -0.4 is 10.6 Å². The summed E-state index contributed by atoms with van der Waals surface area (Å²) in [4.78, 5) is 58.0. The third-order valence-corrected chi connectivity index (χ3v) is 8.38. The fourth-order valence-corrected chi connectivity index (χ4v) is 6.32. The Balaban J connectivity index is 1.25. The maximum Gasteiger partial charge on any atom is 0.408 e. The van der Waals surface area contributed by atoms with Crippen LogP contribution >= 0.6 is 0 Å². The van der Waals surface area contributed by atoms with Gasteiger partial charge in [-0.15, -0.1) is 0 Å². The fraction of sp³-hybridized carbons (Fsp3) is 0.294. The summed E-state index contributed by atoms with van der Waals surface area (Å²) in [5, 5.41) is 6.76. The number of benzene rings is 3. The first kappa shape index (κ1) is 29.0. The molecule has 6 rings (SSSR count). The lowest BCUT2D eigenvalue weighted by atomic mass is 9.91. The number of aromatic nitrogens is 1. The number of fused-ring (bicyclic) bond motifs is 5. The predicted octanol–water partition coefficient (Wildman–Crippen LogP) is 3.95. The zero-order chi connectivity index (χ0) is 30.6. The molecule has 3 aromatic carbocycles. The number of nitrogens with zero attached hydrogens (tertiary/aromatic N) is 1. The lowest BCUT2D eigenvalue weighted by Gasteiger charge is -2.37. The molecule has 2 aliphatic heterocycles. The van der Waals surface area contributed by atoms with Gasteiger partial charge >= 0.3 is 12.1 Å². The van der Waals surface area contributed by atoms with E-state index in [1.165, 1.54) is 7.11 Å². The van der Waals surface area contributed by atoms with Crippen molar-refractivity contribution in [1.29, 1.82) is 0 Å². The molecule has 44 heavy (non-hydrogen) atoms. The first-order valence-corrected chi connectivity index (χ1v) is 14.7. The molecule has 2 aliphatic rings. The van der Waals surface area contributed by atoms with E-state index >= 15 is 0 Å². The first-order valence-electron chi connectivity index (χ1n) is 14.7. The van der Waals surface area contributed by atoms with Crippen molar-refractivity contribution in [3.63, 3.8) is 0 Å². The molecule has 0 bridgehead atoms. The van der Waals surface area contributed by atoms with Crippen molar-refractivity contribution in [1.82, 2.24) is 20.5 Å². The normalized spacial score (nSPS) is 19.5. The number of esters is 1. The molecule has 0 unspecified atom stereocenters. The molecule has 1 fully saturated rings. The zero-order valence-electron chi connectivity index (χ0n) is 24.3. The van der Waals surface area contributed by atoms with E-state index in [9.17, 15) is 19.2 Å². The van der Waals surface area contributed by atoms with Gasteiger partial charge in [-0.05, 0) is 29.2 Å². The van der Waals surface area contributed by atoms with Gasteiger partial charge in [0.2, 0.25) is 11.8 Å². The van der Waals surface area contributed by atoms with E-state index in [1.807, 2.05) is 84.9 Å². The van der Waals surface area contributed by atoms with Gasteiger partial charge in [-0.3, -0.25) is 14.4 Å². The largest absolute Gasteiger partial charge is 0.469 e. The third kappa shape index (κ3) is 6.01. The van der Waals surface area contributed by atoms with Crippen LogP contribution in [-0.4, -0.2) is 59.0 Å². The molecule has 0 aliphatic carbocycles. The number of para-hydroxylation sites is 1. The van der Waals surface area contributed by atoms with Crippen molar-refractivity contribution in [2.24, 2.45) is 0 Å². The van der Waals surface area contributed by atoms with Crippen molar-refractivity contribution in [3.05, 3.63) is 107 Å². The van der Waals surface area contributed by atoms with E-state index in [4.69, 9.17) is 9.47 Å². The lowest BCUT2D eigenvalue weighted by Crippen LogP contribution is -2.55. The van der Waals surface area contributed by atoms with E-state index in [1.54, 1.807) is 4.90 Å². The Labute approximate surface area is 254 Å². The number of amides is 3. The molecule has 3 heterocycles. The number of hydrogen-bond acceptors (Lipinski definition) is 6. The molecule has 1 aromatic heterocycles. The summed E-state index contributed by atoms with van der Waals surface area (Å²) in [5.41, 5.74) is 4.53. The molecule has 4 aromatic rings. The Morgan fingerprint density at radius 2 is 1.64 bits per heavy atom. The minimum atomic E-state index is -0.869. The Morgan fingerprint density at radius 3 is 2.36 bits per heavy atom. The van der Waals surface area contributed by atoms with Gasteiger partial charge in [-0.2, -0.15) is 0 Å². The second-order valence-corrected chi connectivity index (χ2v) is 11.2. The van der Waals surface area contributed by atoms with Crippen LogP contribution in [0.15, 0.2) is 84.9 Å². The molecule has 226 valence electrons. The minimum Gasteiger partial charge on any atom is -0.469 e. The number of nitrogens with one attached hydrogen (secondary N) is 3. The van der Waals surface area contributed by atoms with Crippen LogP contribution in [0, 0.1) is 0 Å². The molecule has 0 saturated carbocycles. The van der Waals surface area contributed by atoms with Crippen LogP contribution in [0.1, 0.15) is 41.3 Å². The minimum absolute atomic E-state index is 0.0169. The number of rotatable bonds is 9. The van der Waals surface area contributed by atoms with Crippen molar-refractivity contribution in [2.75, 3.05) is 7.11 Å². The highest BCUT2D eigenvalue weighted by Gasteiger charge is 2.51. The van der Waals surface area contributed by atoms with Gasteiger partial charge in [0.1, 0.15) is 18.7 Å². The summed E-state index contributed by atoms with van der Waals surface area (Å²) < 4.78 is 10.3. The Kier molecular flexibility index (Phi) is 8.31. The van der Waals surface area contributed by atoms with Gasteiger partial charge < -0.3 is 30.0 Å². The molecular weight excluding hydrogens is 560 g/mol. The first-order chi connectivity index (χ1) is 21.4. The van der Waals surface area contributed by atoms with E-state index in [2.05, 4.69) is 15.6 Å². The summed E-state index contributed by atoms with van der Waals surface area (Å²) in [7, 11) is 1.31. The molecule has 4 atom stereocenters. The maximum atomic E-state index is 14.0. The van der Waals surface area contributed by atoms with Crippen LogP contribution in [0.25, 0.3) is 10.9 Å². The molecule has 0 radical (unpaired) electrons. The number of H-pyrrole nitrogens is 1. The van der Waals surface area contributed by atoms with Crippen molar-refractivity contribution in [2.45, 2.75) is 56.5 Å². The number of hydrogen-bond donors (Lipinski definition) is 3. The average molecular weight is 595 g/mol. The Morgan fingerprint density at radius 1 is 0.955 bits per heavy atom. The Bertz CT molecular complexity index is 1670. The fourth-order valence-electron chi connectivity index (χ4n) is 6.32. The maximum absolute atomic E-state index is 14.0. The highest BCUT2D eigenvalue weighted by molar-refractivity contribution is 5.96. The number of alkyl carbamates (subject to hydrolysis) is 1. The van der Waals surface area contributed by atoms with Gasteiger partial charge in [0.15, 0.2) is 0 Å². The highest BCUT2D eigenvalue weighted by Crippen LogP contribution is 2.43. The van der Waals surface area contributed by atoms with Crippen LogP contribution in [0.3, 0.4) is 0 Å². The van der Waals surface area contributed by atoms with Crippen molar-refractivity contribution >= 4 is 34.8 Å². The van der Waals surface area contributed by atoms with Crippen LogP contribution in [0.5, 0.6) is 0 Å². The Hall–Kier alpha value is -5.12. The standard InChI is InChI=1S/C34H34N4O6/c1-43-30(39)17-23(16-21-10-4-2-5-11-21)35-32(40)29-18-25-24-14-8-9-15-26(24)36-31(25)28-19-27(33(41)38(28)29)37-34(42)44-20-22-12-6-3-7-13-22/h2-15,23,27-29,36H,16-20H2,1H3,(H,35,40)(H,37,42)/t23-,27+,28-,29+/m0/s1. The molecule has 10 nitrogen and oxygen atoms in total. The molecular formula is C34H34N4O6. The number of ether oxygens (including phenoxy) is 2. The van der Waals surface area contributed by atoms with Crippen LogP contribution in [-0.2, 0) is 43.3 Å². The second kappa shape index (κ2) is 12.6. The topological polar surface area (TPSA) is 130 Å². The number of methoxy groups -OCH3 is 1. The van der Waals surface area contributed by atoms with Crippen LogP contribution in [0.4, 0.5) is 4.79 Å². The SMILES string of the molecule is COC(=O)C[C@H](Cc1ccccc1)NC(=O)[C@H]1Cc2c([nH]c3ccccc23)[C@@H]2C[C@@H](NC(=O)OCc3ccccc3)C(=O)N12. The summed E-state index contributed by atoms with van der Waals surface area (Å²) in [5.74, 6) is -1.16. The second-order valence-electron chi connectivity index (χ2n) is 11.2. The van der Waals surface area contributed by atoms with Crippen LogP contribution in [0.2, 0.25) is 0 Å². The van der Waals surface area contributed by atoms with Crippen molar-refractivity contribution < 1.29 is 28.7 Å². The monoisotopic (exact) mass is 594 g/mol. The molecule has 1 saturated heterocycles. The highest BCUT2D eigenvalue weighted by atomic mass is 16.5. The summed E-state index contributed by atoms with van der Waals surface area (Å²) >= 11 is 0. The van der Waals surface area contributed by atoms with Gasteiger partial charge in [-0.25, -0.2) is 4.79 Å².